The van der Waals surface area contributed by atoms with Gasteiger partial charge in [-0.15, -0.1) is 0 Å². The Morgan fingerprint density at radius 1 is 0.667 bits per heavy atom. The van der Waals surface area contributed by atoms with Crippen molar-refractivity contribution in [3.63, 3.8) is 0 Å². The van der Waals surface area contributed by atoms with E-state index in [4.69, 9.17) is 5.11 Å². The molecule has 0 aliphatic heterocycles. The summed E-state index contributed by atoms with van der Waals surface area (Å²) in [5.74, 6) is 2.29. The van der Waals surface area contributed by atoms with E-state index < -0.39 is 0 Å². The van der Waals surface area contributed by atoms with E-state index in [2.05, 4.69) is 27.7 Å². The van der Waals surface area contributed by atoms with Crippen molar-refractivity contribution in [2.24, 2.45) is 17.8 Å². The maximum atomic E-state index is 8.97. The van der Waals surface area contributed by atoms with Crippen LogP contribution >= 0.6 is 0 Å². The molecule has 0 bridgehead atoms. The second-order valence-electron chi connectivity index (χ2n) is 6.48. The molecule has 0 fully saturated rings. The van der Waals surface area contributed by atoms with Crippen molar-refractivity contribution >= 4 is 0 Å². The fourth-order valence-corrected chi connectivity index (χ4v) is 2.42. The Morgan fingerprint density at radius 2 is 1.17 bits per heavy atom. The highest BCUT2D eigenvalue weighted by molar-refractivity contribution is 4.58. The van der Waals surface area contributed by atoms with Gasteiger partial charge in [0.15, 0.2) is 0 Å². The van der Waals surface area contributed by atoms with E-state index in [-0.39, 0.29) is 0 Å². The average molecular weight is 256 g/mol. The van der Waals surface area contributed by atoms with Crippen molar-refractivity contribution in [1.29, 1.82) is 0 Å². The van der Waals surface area contributed by atoms with E-state index >= 15 is 0 Å². The molecule has 1 nitrogen and oxygen atoms in total. The molecule has 3 atom stereocenters. The highest BCUT2D eigenvalue weighted by Gasteiger charge is 2.05. The Morgan fingerprint density at radius 3 is 1.72 bits per heavy atom. The van der Waals surface area contributed by atoms with Crippen LogP contribution in [-0.4, -0.2) is 11.7 Å². The molecule has 0 spiro atoms. The van der Waals surface area contributed by atoms with Gasteiger partial charge in [0.25, 0.3) is 0 Å². The zero-order valence-electron chi connectivity index (χ0n) is 13.3. The monoisotopic (exact) mass is 256 g/mol. The van der Waals surface area contributed by atoms with Crippen LogP contribution in [0.25, 0.3) is 0 Å². The molecule has 0 saturated carbocycles. The van der Waals surface area contributed by atoms with Crippen LogP contribution in [0.5, 0.6) is 0 Å². The predicted molar refractivity (Wildman–Crippen MR) is 81.8 cm³/mol. The zero-order valence-corrected chi connectivity index (χ0v) is 13.3. The van der Waals surface area contributed by atoms with Gasteiger partial charge in [-0.05, 0) is 24.2 Å². The van der Waals surface area contributed by atoms with Gasteiger partial charge >= 0.3 is 0 Å². The van der Waals surface area contributed by atoms with Crippen LogP contribution < -0.4 is 0 Å². The van der Waals surface area contributed by atoms with Gasteiger partial charge in [-0.1, -0.05) is 79.1 Å². The third-order valence-electron chi connectivity index (χ3n) is 4.30. The molecule has 0 amide bonds. The van der Waals surface area contributed by atoms with Crippen LogP contribution in [0.3, 0.4) is 0 Å². The number of unbranched alkanes of at least 4 members (excludes halogenated alkanes) is 2. The lowest BCUT2D eigenvalue weighted by Gasteiger charge is -2.13. The number of rotatable bonds is 12. The number of hydrogen-bond donors (Lipinski definition) is 1. The van der Waals surface area contributed by atoms with Crippen LogP contribution in [0.15, 0.2) is 0 Å². The van der Waals surface area contributed by atoms with Crippen LogP contribution in [0.4, 0.5) is 0 Å². The minimum Gasteiger partial charge on any atom is -0.396 e. The smallest absolute Gasteiger partial charge is 0.0456 e. The molecular weight excluding hydrogens is 220 g/mol. The largest absolute Gasteiger partial charge is 0.396 e. The molecule has 0 rings (SSSR count). The summed E-state index contributed by atoms with van der Waals surface area (Å²) in [6, 6.07) is 0. The summed E-state index contributed by atoms with van der Waals surface area (Å²) in [7, 11) is 0. The summed E-state index contributed by atoms with van der Waals surface area (Å²) in [6.45, 7) is 9.53. The Hall–Kier alpha value is -0.0400. The molecule has 0 heterocycles. The van der Waals surface area contributed by atoms with Crippen molar-refractivity contribution in [2.75, 3.05) is 6.61 Å². The molecule has 3 unspecified atom stereocenters. The van der Waals surface area contributed by atoms with E-state index in [1.807, 2.05) is 0 Å². The van der Waals surface area contributed by atoms with Crippen molar-refractivity contribution in [3.8, 4) is 0 Å². The summed E-state index contributed by atoms with van der Waals surface area (Å²) >= 11 is 0. The zero-order chi connectivity index (χ0) is 13.8. The van der Waals surface area contributed by atoms with Gasteiger partial charge < -0.3 is 5.11 Å². The van der Waals surface area contributed by atoms with E-state index in [1.165, 1.54) is 57.8 Å². The maximum absolute atomic E-state index is 8.97. The minimum atomic E-state index is 0.351. The van der Waals surface area contributed by atoms with Crippen LogP contribution in [0, 0.1) is 17.8 Å². The molecule has 0 aliphatic rings. The molecule has 110 valence electrons. The Balaban J connectivity index is 3.29. The Bertz CT molecular complexity index is 167. The number of hydrogen-bond acceptors (Lipinski definition) is 1. The van der Waals surface area contributed by atoms with Gasteiger partial charge in [0.05, 0.1) is 0 Å². The van der Waals surface area contributed by atoms with Crippen LogP contribution in [-0.2, 0) is 0 Å². The maximum Gasteiger partial charge on any atom is 0.0456 e. The van der Waals surface area contributed by atoms with Crippen molar-refractivity contribution in [2.45, 2.75) is 85.5 Å². The fraction of sp³-hybridized carbons (Fsp3) is 1.00. The van der Waals surface area contributed by atoms with Crippen molar-refractivity contribution in [3.05, 3.63) is 0 Å². The Labute approximate surface area is 115 Å². The highest BCUT2D eigenvalue weighted by Crippen LogP contribution is 2.19. The molecule has 18 heavy (non-hydrogen) atoms. The summed E-state index contributed by atoms with van der Waals surface area (Å²) in [5.41, 5.74) is 0. The van der Waals surface area contributed by atoms with Crippen molar-refractivity contribution in [1.82, 2.24) is 0 Å². The lowest BCUT2D eigenvalue weighted by atomic mass is 9.94. The summed E-state index contributed by atoms with van der Waals surface area (Å²) in [5, 5.41) is 8.97. The first-order chi connectivity index (χ1) is 8.60. The van der Waals surface area contributed by atoms with E-state index in [9.17, 15) is 0 Å². The van der Waals surface area contributed by atoms with E-state index in [0.717, 1.165) is 11.8 Å². The van der Waals surface area contributed by atoms with E-state index in [0.29, 0.717) is 12.5 Å². The fourth-order valence-electron chi connectivity index (χ4n) is 2.42. The summed E-state index contributed by atoms with van der Waals surface area (Å²) in [4.78, 5) is 0. The summed E-state index contributed by atoms with van der Waals surface area (Å²) < 4.78 is 0. The first-order valence-electron chi connectivity index (χ1n) is 8.20. The second kappa shape index (κ2) is 12.0. The molecule has 1 N–H and O–H groups in total. The summed E-state index contributed by atoms with van der Waals surface area (Å²) in [6.07, 6.45) is 12.2. The SMILES string of the molecule is CCC(C)CCCCCC(C)CCCC(C)CO. The third kappa shape index (κ3) is 11.1. The van der Waals surface area contributed by atoms with Gasteiger partial charge in [-0.25, -0.2) is 0 Å². The molecule has 0 aromatic heterocycles. The number of aliphatic hydroxyl groups is 1. The van der Waals surface area contributed by atoms with Gasteiger partial charge in [0.2, 0.25) is 0 Å². The lowest BCUT2D eigenvalue weighted by Crippen LogP contribution is -2.02. The third-order valence-corrected chi connectivity index (χ3v) is 4.30. The quantitative estimate of drug-likeness (QED) is 0.462. The first kappa shape index (κ1) is 18.0. The van der Waals surface area contributed by atoms with Gasteiger partial charge in [0, 0.05) is 6.61 Å². The Kier molecular flexibility index (Phi) is 12.0. The number of aliphatic hydroxyl groups excluding tert-OH is 1. The molecular formula is C17H36O. The molecule has 0 saturated heterocycles. The second-order valence-corrected chi connectivity index (χ2v) is 6.48. The molecule has 0 aliphatic carbocycles. The van der Waals surface area contributed by atoms with Crippen LogP contribution in [0.2, 0.25) is 0 Å². The van der Waals surface area contributed by atoms with Crippen LogP contribution in [0.1, 0.15) is 85.5 Å². The average Bonchev–Trinajstić information content (AvgIpc) is 2.37. The predicted octanol–water partition coefficient (Wildman–Crippen LogP) is 5.42. The normalized spacial score (nSPS) is 16.5. The highest BCUT2D eigenvalue weighted by atomic mass is 16.3. The first-order valence-corrected chi connectivity index (χ1v) is 8.20. The lowest BCUT2D eigenvalue weighted by molar-refractivity contribution is 0.225. The van der Waals surface area contributed by atoms with Crippen molar-refractivity contribution < 1.29 is 5.11 Å². The molecule has 0 radical (unpaired) electrons. The minimum absolute atomic E-state index is 0.351. The van der Waals surface area contributed by atoms with Gasteiger partial charge in [-0.2, -0.15) is 0 Å². The molecule has 1 heteroatoms. The topological polar surface area (TPSA) is 20.2 Å². The van der Waals surface area contributed by atoms with Gasteiger partial charge in [0.1, 0.15) is 0 Å². The van der Waals surface area contributed by atoms with E-state index in [1.54, 1.807) is 0 Å². The van der Waals surface area contributed by atoms with Gasteiger partial charge in [-0.3, -0.25) is 0 Å². The molecule has 0 aromatic rings. The standard InChI is InChI=1S/C17H36O/c1-5-15(2)10-7-6-8-11-16(3)12-9-13-17(4)14-18/h15-18H,5-14H2,1-4H3. The molecule has 0 aromatic carbocycles.